The Hall–Kier alpha value is -1.26. The molecular formula is C13H12BrClN2O. The third-order valence-corrected chi connectivity index (χ3v) is 3.17. The van der Waals surface area contributed by atoms with Gasteiger partial charge in [0.15, 0.2) is 0 Å². The van der Waals surface area contributed by atoms with Gasteiger partial charge in [0, 0.05) is 17.7 Å². The second-order valence-electron chi connectivity index (χ2n) is 3.66. The van der Waals surface area contributed by atoms with Crippen molar-refractivity contribution in [1.29, 1.82) is 0 Å². The van der Waals surface area contributed by atoms with Gasteiger partial charge in [-0.3, -0.25) is 0 Å². The van der Waals surface area contributed by atoms with Crippen LogP contribution in [0.25, 0.3) is 0 Å². The molecule has 18 heavy (non-hydrogen) atoms. The summed E-state index contributed by atoms with van der Waals surface area (Å²) >= 11 is 9.44. The summed E-state index contributed by atoms with van der Waals surface area (Å²) in [7, 11) is 1.83. The molecule has 0 amide bonds. The van der Waals surface area contributed by atoms with Crippen LogP contribution in [-0.2, 0) is 6.61 Å². The van der Waals surface area contributed by atoms with Crippen molar-refractivity contribution >= 4 is 33.3 Å². The molecule has 2 rings (SSSR count). The number of aromatic nitrogens is 1. The van der Waals surface area contributed by atoms with Crippen LogP contribution in [0.15, 0.2) is 41.0 Å². The molecule has 0 unspecified atom stereocenters. The number of halogens is 2. The molecule has 0 atom stereocenters. The van der Waals surface area contributed by atoms with Gasteiger partial charge in [-0.1, -0.05) is 27.5 Å². The Morgan fingerprint density at radius 2 is 2.17 bits per heavy atom. The normalized spacial score (nSPS) is 10.2. The van der Waals surface area contributed by atoms with E-state index < -0.39 is 0 Å². The average molecular weight is 328 g/mol. The lowest BCUT2D eigenvalue weighted by atomic mass is 10.3. The van der Waals surface area contributed by atoms with Gasteiger partial charge in [0.1, 0.15) is 18.2 Å². The number of hydrogen-bond donors (Lipinski definition) is 1. The fourth-order valence-corrected chi connectivity index (χ4v) is 1.96. The summed E-state index contributed by atoms with van der Waals surface area (Å²) in [5, 5.41) is 3.58. The van der Waals surface area contributed by atoms with E-state index in [0.29, 0.717) is 17.4 Å². The predicted molar refractivity (Wildman–Crippen MR) is 77.3 cm³/mol. The second kappa shape index (κ2) is 6.07. The minimum Gasteiger partial charge on any atom is -0.487 e. The molecule has 0 aliphatic carbocycles. The molecule has 0 spiro atoms. The van der Waals surface area contributed by atoms with E-state index >= 15 is 0 Å². The van der Waals surface area contributed by atoms with Crippen LogP contribution in [0.5, 0.6) is 5.75 Å². The van der Waals surface area contributed by atoms with Gasteiger partial charge >= 0.3 is 0 Å². The Kier molecular flexibility index (Phi) is 4.44. The quantitative estimate of drug-likeness (QED) is 0.917. The monoisotopic (exact) mass is 326 g/mol. The molecule has 0 aliphatic rings. The smallest absolute Gasteiger partial charge is 0.139 e. The number of rotatable bonds is 4. The molecule has 3 nitrogen and oxygen atoms in total. The first-order chi connectivity index (χ1) is 8.69. The van der Waals surface area contributed by atoms with E-state index in [-0.39, 0.29) is 0 Å². The molecule has 94 valence electrons. The van der Waals surface area contributed by atoms with Crippen LogP contribution in [0, 0.1) is 0 Å². The molecule has 1 heterocycles. The van der Waals surface area contributed by atoms with Crippen LogP contribution in [0.4, 0.5) is 5.82 Å². The van der Waals surface area contributed by atoms with E-state index in [9.17, 15) is 0 Å². The first-order valence-electron chi connectivity index (χ1n) is 5.39. The molecule has 0 aliphatic heterocycles. The van der Waals surface area contributed by atoms with Gasteiger partial charge in [-0.2, -0.15) is 0 Å². The van der Waals surface area contributed by atoms with Gasteiger partial charge in [-0.05, 0) is 35.9 Å². The number of pyridine rings is 1. The highest BCUT2D eigenvalue weighted by molar-refractivity contribution is 9.10. The Morgan fingerprint density at radius 3 is 2.94 bits per heavy atom. The Bertz CT molecular complexity index is 548. The SMILES string of the molecule is CNc1cc(COc2cc(Br)ccc2Cl)ccn1. The molecule has 5 heteroatoms. The number of ether oxygens (including phenoxy) is 1. The summed E-state index contributed by atoms with van der Waals surface area (Å²) in [6.45, 7) is 0.452. The highest BCUT2D eigenvalue weighted by Gasteiger charge is 2.03. The summed E-state index contributed by atoms with van der Waals surface area (Å²) in [5.74, 6) is 1.48. The van der Waals surface area contributed by atoms with Crippen molar-refractivity contribution in [2.45, 2.75) is 6.61 Å². The fourth-order valence-electron chi connectivity index (χ4n) is 1.45. The van der Waals surface area contributed by atoms with Crippen molar-refractivity contribution in [1.82, 2.24) is 4.98 Å². The van der Waals surface area contributed by atoms with Crippen LogP contribution < -0.4 is 10.1 Å². The number of hydrogen-bond acceptors (Lipinski definition) is 3. The number of benzene rings is 1. The average Bonchev–Trinajstić information content (AvgIpc) is 2.40. The van der Waals surface area contributed by atoms with Crippen molar-refractivity contribution in [2.75, 3.05) is 12.4 Å². The Balaban J connectivity index is 2.08. The first-order valence-corrected chi connectivity index (χ1v) is 6.56. The highest BCUT2D eigenvalue weighted by Crippen LogP contribution is 2.28. The standard InChI is InChI=1S/C13H12BrClN2O/c1-16-13-6-9(4-5-17-13)8-18-12-7-10(14)2-3-11(12)15/h2-7H,8H2,1H3,(H,16,17). The van der Waals surface area contributed by atoms with Crippen molar-refractivity contribution < 1.29 is 4.74 Å². The molecule has 2 aromatic rings. The lowest BCUT2D eigenvalue weighted by Crippen LogP contribution is -1.98. The van der Waals surface area contributed by atoms with Gasteiger partial charge in [0.2, 0.25) is 0 Å². The third-order valence-electron chi connectivity index (χ3n) is 2.37. The van der Waals surface area contributed by atoms with Gasteiger partial charge in [-0.15, -0.1) is 0 Å². The van der Waals surface area contributed by atoms with E-state index in [0.717, 1.165) is 15.9 Å². The van der Waals surface area contributed by atoms with Crippen molar-refractivity contribution in [2.24, 2.45) is 0 Å². The highest BCUT2D eigenvalue weighted by atomic mass is 79.9. The molecular weight excluding hydrogens is 316 g/mol. The van der Waals surface area contributed by atoms with Crippen molar-refractivity contribution in [3.63, 3.8) is 0 Å². The molecule has 1 aromatic carbocycles. The lowest BCUT2D eigenvalue weighted by molar-refractivity contribution is 0.306. The zero-order valence-electron chi connectivity index (χ0n) is 9.78. The first kappa shape index (κ1) is 13.2. The molecule has 0 radical (unpaired) electrons. The second-order valence-corrected chi connectivity index (χ2v) is 4.99. The fraction of sp³-hybridized carbons (Fsp3) is 0.154. The maximum atomic E-state index is 6.05. The maximum absolute atomic E-state index is 6.05. The zero-order valence-corrected chi connectivity index (χ0v) is 12.1. The predicted octanol–water partition coefficient (Wildman–Crippen LogP) is 4.12. The molecule has 0 bridgehead atoms. The third kappa shape index (κ3) is 3.37. The Labute approximate surface area is 119 Å². The van der Waals surface area contributed by atoms with E-state index in [1.165, 1.54) is 0 Å². The minimum absolute atomic E-state index is 0.452. The van der Waals surface area contributed by atoms with Gasteiger partial charge in [-0.25, -0.2) is 4.98 Å². The lowest BCUT2D eigenvalue weighted by Gasteiger charge is -2.09. The van der Waals surface area contributed by atoms with Crippen molar-refractivity contribution in [3.05, 3.63) is 51.6 Å². The van der Waals surface area contributed by atoms with E-state index in [1.807, 2.05) is 31.3 Å². The Morgan fingerprint density at radius 1 is 1.33 bits per heavy atom. The topological polar surface area (TPSA) is 34.1 Å². The van der Waals surface area contributed by atoms with Crippen LogP contribution in [0.2, 0.25) is 5.02 Å². The number of anilines is 1. The molecule has 0 saturated heterocycles. The van der Waals surface area contributed by atoms with Crippen LogP contribution in [0.3, 0.4) is 0 Å². The molecule has 1 aromatic heterocycles. The van der Waals surface area contributed by atoms with Gasteiger partial charge in [0.25, 0.3) is 0 Å². The molecule has 0 saturated carbocycles. The molecule has 0 fully saturated rings. The van der Waals surface area contributed by atoms with E-state index in [4.69, 9.17) is 16.3 Å². The summed E-state index contributed by atoms with van der Waals surface area (Å²) in [6.07, 6.45) is 1.74. The largest absolute Gasteiger partial charge is 0.487 e. The number of nitrogens with one attached hydrogen (secondary N) is 1. The van der Waals surface area contributed by atoms with E-state index in [2.05, 4.69) is 26.2 Å². The summed E-state index contributed by atoms with van der Waals surface area (Å²) < 4.78 is 6.62. The zero-order chi connectivity index (χ0) is 13.0. The van der Waals surface area contributed by atoms with Crippen LogP contribution in [0.1, 0.15) is 5.56 Å². The van der Waals surface area contributed by atoms with Crippen LogP contribution in [-0.4, -0.2) is 12.0 Å². The van der Waals surface area contributed by atoms with Gasteiger partial charge < -0.3 is 10.1 Å². The summed E-state index contributed by atoms with van der Waals surface area (Å²) in [6, 6.07) is 9.37. The van der Waals surface area contributed by atoms with Gasteiger partial charge in [0.05, 0.1) is 5.02 Å². The van der Waals surface area contributed by atoms with Crippen LogP contribution >= 0.6 is 27.5 Å². The number of nitrogens with zero attached hydrogens (tertiary/aromatic N) is 1. The summed E-state index contributed by atoms with van der Waals surface area (Å²) in [4.78, 5) is 4.14. The van der Waals surface area contributed by atoms with E-state index in [1.54, 1.807) is 12.3 Å². The van der Waals surface area contributed by atoms with Crippen molar-refractivity contribution in [3.8, 4) is 5.75 Å². The minimum atomic E-state index is 0.452. The maximum Gasteiger partial charge on any atom is 0.139 e. The molecule has 1 N–H and O–H groups in total. The summed E-state index contributed by atoms with van der Waals surface area (Å²) in [5.41, 5.74) is 1.03.